The number of carboxylic acids is 1. The van der Waals surface area contributed by atoms with Gasteiger partial charge in [-0.1, -0.05) is 5.18 Å². The van der Waals surface area contributed by atoms with Gasteiger partial charge in [-0.05, 0) is 57.3 Å². The number of nitrogens with zero attached hydrogens (tertiary/aromatic N) is 1. The molecule has 4 aliphatic rings. The maximum absolute atomic E-state index is 11.5. The topological polar surface area (TPSA) is 66.7 Å². The lowest BCUT2D eigenvalue weighted by atomic mass is 9.44. The fourth-order valence-electron chi connectivity index (χ4n) is 5.10. The number of aliphatic carboxylic acids is 1. The predicted octanol–water partition coefficient (Wildman–Crippen LogP) is 3.17. The molecule has 4 saturated carbocycles. The zero-order valence-corrected chi connectivity index (χ0v) is 11.2. The summed E-state index contributed by atoms with van der Waals surface area (Å²) >= 11 is 6.37. The summed E-state index contributed by atoms with van der Waals surface area (Å²) < 4.78 is 0. The van der Waals surface area contributed by atoms with Gasteiger partial charge in [0.15, 0.2) is 0 Å². The van der Waals surface area contributed by atoms with Gasteiger partial charge in [-0.2, -0.15) is 4.91 Å². The van der Waals surface area contributed by atoms with Crippen LogP contribution in [0, 0.1) is 22.2 Å². The summed E-state index contributed by atoms with van der Waals surface area (Å²) in [4.78, 5) is 21.5. The van der Waals surface area contributed by atoms with Crippen LogP contribution in [0.1, 0.15) is 45.4 Å². The second-order valence-corrected chi connectivity index (χ2v) is 7.62. The molecule has 0 spiro atoms. The molecule has 4 aliphatic carbocycles. The van der Waals surface area contributed by atoms with Gasteiger partial charge >= 0.3 is 5.97 Å². The summed E-state index contributed by atoms with van der Waals surface area (Å²) in [6.45, 7) is 1.60. The van der Waals surface area contributed by atoms with E-state index in [2.05, 4.69) is 5.18 Å². The number of hydrogen-bond donors (Lipinski definition) is 1. The van der Waals surface area contributed by atoms with Crippen LogP contribution in [-0.2, 0) is 4.79 Å². The summed E-state index contributed by atoms with van der Waals surface area (Å²) in [5, 5.41) is 12.8. The summed E-state index contributed by atoms with van der Waals surface area (Å²) in [6, 6.07) is 0. The summed E-state index contributed by atoms with van der Waals surface area (Å²) in [5.41, 5.74) is -0.978. The van der Waals surface area contributed by atoms with Gasteiger partial charge in [0.1, 0.15) is 10.4 Å². The van der Waals surface area contributed by atoms with Gasteiger partial charge in [0.25, 0.3) is 0 Å². The van der Waals surface area contributed by atoms with Crippen LogP contribution in [0.5, 0.6) is 0 Å². The van der Waals surface area contributed by atoms with Crippen molar-refractivity contribution in [2.45, 2.75) is 55.9 Å². The Hall–Kier alpha value is -0.640. The van der Waals surface area contributed by atoms with Crippen LogP contribution < -0.4 is 0 Å². The molecular weight excluding hydrogens is 254 g/mol. The maximum atomic E-state index is 11.5. The molecule has 0 aromatic carbocycles. The Bertz CT molecular complexity index is 406. The summed E-state index contributed by atoms with van der Waals surface area (Å²) in [7, 11) is 0. The van der Waals surface area contributed by atoms with Crippen LogP contribution in [0.15, 0.2) is 5.18 Å². The molecule has 100 valence electrons. The van der Waals surface area contributed by atoms with Crippen molar-refractivity contribution in [2.24, 2.45) is 22.4 Å². The number of nitroso groups, excluding NO2 is 1. The number of hydrogen-bond acceptors (Lipinski definition) is 3. The summed E-state index contributed by atoms with van der Waals surface area (Å²) in [5.74, 6) is -0.102. The minimum atomic E-state index is -1.28. The molecule has 18 heavy (non-hydrogen) atoms. The van der Waals surface area contributed by atoms with Crippen LogP contribution in [0.3, 0.4) is 0 Å². The molecule has 0 aromatic rings. The second kappa shape index (κ2) is 3.47. The fraction of sp³-hybridized carbons (Fsp3) is 0.923. The lowest BCUT2D eigenvalue weighted by Crippen LogP contribution is -2.62. The van der Waals surface area contributed by atoms with Crippen molar-refractivity contribution in [1.29, 1.82) is 0 Å². The Kier molecular flexibility index (Phi) is 2.39. The zero-order chi connectivity index (χ0) is 13.2. The molecule has 4 nitrogen and oxygen atoms in total. The molecule has 3 unspecified atom stereocenters. The van der Waals surface area contributed by atoms with Crippen molar-refractivity contribution in [1.82, 2.24) is 0 Å². The highest BCUT2D eigenvalue weighted by Gasteiger charge is 2.66. The van der Waals surface area contributed by atoms with Crippen molar-refractivity contribution in [3.8, 4) is 0 Å². The van der Waals surface area contributed by atoms with Gasteiger partial charge in [-0.25, -0.2) is 0 Å². The molecule has 4 rings (SSSR count). The van der Waals surface area contributed by atoms with E-state index in [-0.39, 0.29) is 0 Å². The number of alkyl halides is 1. The van der Waals surface area contributed by atoms with Crippen LogP contribution in [0.2, 0.25) is 0 Å². The van der Waals surface area contributed by atoms with Crippen molar-refractivity contribution in [3.63, 3.8) is 0 Å². The fourth-order valence-corrected chi connectivity index (χ4v) is 5.32. The third-order valence-electron chi connectivity index (χ3n) is 5.62. The molecular formula is C13H18ClNO3. The molecule has 4 fully saturated rings. The van der Waals surface area contributed by atoms with Gasteiger partial charge < -0.3 is 5.11 Å². The van der Waals surface area contributed by atoms with Crippen molar-refractivity contribution < 1.29 is 9.90 Å². The lowest BCUT2D eigenvalue weighted by Gasteiger charge is -2.62. The Labute approximate surface area is 111 Å². The Balaban J connectivity index is 2.04. The van der Waals surface area contributed by atoms with Gasteiger partial charge in [-0.3, -0.25) is 4.79 Å². The molecule has 5 heteroatoms. The molecule has 0 heterocycles. The van der Waals surface area contributed by atoms with Crippen LogP contribution >= 0.6 is 11.6 Å². The molecule has 4 bridgehead atoms. The van der Waals surface area contributed by atoms with E-state index < -0.39 is 21.8 Å². The molecule has 1 N–H and O–H groups in total. The monoisotopic (exact) mass is 271 g/mol. The van der Waals surface area contributed by atoms with E-state index in [4.69, 9.17) is 11.6 Å². The first-order valence-corrected chi connectivity index (χ1v) is 6.97. The highest BCUT2D eigenvalue weighted by atomic mass is 35.5. The first-order valence-electron chi connectivity index (χ1n) is 6.59. The molecule has 0 saturated heterocycles. The predicted molar refractivity (Wildman–Crippen MR) is 67.5 cm³/mol. The van der Waals surface area contributed by atoms with Crippen LogP contribution in [0.25, 0.3) is 0 Å². The van der Waals surface area contributed by atoms with E-state index >= 15 is 0 Å². The number of rotatable bonds is 3. The Morgan fingerprint density at radius 3 is 2.33 bits per heavy atom. The highest BCUT2D eigenvalue weighted by molar-refractivity contribution is 6.34. The standard InChI is InChI=1S/C13H18ClNO3/c1-11(14,10(16)17)12-3-8-2-9(4-12)6-13(5-8,7-12)15-18/h8-9H,2-7H2,1H3,(H,16,17). The average molecular weight is 272 g/mol. The minimum absolute atomic E-state index is 0.432. The minimum Gasteiger partial charge on any atom is -0.480 e. The van der Waals surface area contributed by atoms with E-state index in [1.807, 2.05) is 0 Å². The first kappa shape index (κ1) is 12.4. The normalized spacial score (nSPS) is 48.8. The third kappa shape index (κ3) is 1.41. The first-order chi connectivity index (χ1) is 8.32. The van der Waals surface area contributed by atoms with Gasteiger partial charge in [0.05, 0.1) is 0 Å². The van der Waals surface area contributed by atoms with Crippen molar-refractivity contribution >= 4 is 17.6 Å². The van der Waals surface area contributed by atoms with Gasteiger partial charge in [0, 0.05) is 5.41 Å². The lowest BCUT2D eigenvalue weighted by molar-refractivity contribution is -0.153. The quantitative estimate of drug-likeness (QED) is 0.633. The largest absolute Gasteiger partial charge is 0.480 e. The molecule has 0 aromatic heterocycles. The zero-order valence-electron chi connectivity index (χ0n) is 10.5. The third-order valence-corrected chi connectivity index (χ3v) is 6.18. The van der Waals surface area contributed by atoms with Crippen LogP contribution in [0.4, 0.5) is 0 Å². The van der Waals surface area contributed by atoms with E-state index in [0.717, 1.165) is 32.1 Å². The smallest absolute Gasteiger partial charge is 0.325 e. The molecule has 0 amide bonds. The second-order valence-electron chi connectivity index (χ2n) is 6.87. The maximum Gasteiger partial charge on any atom is 0.325 e. The SMILES string of the molecule is CC(Cl)(C(=O)O)C12CC3CC(CC(N=O)(C3)C1)C2. The van der Waals surface area contributed by atoms with E-state index in [1.165, 1.54) is 0 Å². The molecule has 0 aliphatic heterocycles. The summed E-state index contributed by atoms with van der Waals surface area (Å²) in [6.07, 6.45) is 5.03. The number of halogens is 1. The van der Waals surface area contributed by atoms with E-state index in [9.17, 15) is 14.8 Å². The van der Waals surface area contributed by atoms with Gasteiger partial charge in [-0.15, -0.1) is 11.6 Å². The van der Waals surface area contributed by atoms with E-state index in [0.29, 0.717) is 18.3 Å². The van der Waals surface area contributed by atoms with Gasteiger partial charge in [0.2, 0.25) is 0 Å². The van der Waals surface area contributed by atoms with Crippen LogP contribution in [-0.4, -0.2) is 21.5 Å². The average Bonchev–Trinajstić information content (AvgIpc) is 2.26. The molecule has 3 atom stereocenters. The van der Waals surface area contributed by atoms with Crippen molar-refractivity contribution in [2.75, 3.05) is 0 Å². The number of carbonyl (C=O) groups is 1. The highest BCUT2D eigenvalue weighted by Crippen LogP contribution is 2.67. The Morgan fingerprint density at radius 1 is 1.33 bits per heavy atom. The molecule has 0 radical (unpaired) electrons. The number of carboxylic acid groups (broad SMARTS) is 1. The Morgan fingerprint density at radius 2 is 1.89 bits per heavy atom. The van der Waals surface area contributed by atoms with E-state index in [1.54, 1.807) is 6.92 Å². The van der Waals surface area contributed by atoms with Crippen molar-refractivity contribution in [3.05, 3.63) is 4.91 Å².